The maximum Gasteiger partial charge on any atom is 0.338 e. The van der Waals surface area contributed by atoms with Gasteiger partial charge >= 0.3 is 11.9 Å². The second-order valence-electron chi connectivity index (χ2n) is 7.52. The summed E-state index contributed by atoms with van der Waals surface area (Å²) in [5.74, 6) is -1.10. The fourth-order valence-electron chi connectivity index (χ4n) is 3.53. The third-order valence-electron chi connectivity index (χ3n) is 5.25. The van der Waals surface area contributed by atoms with Crippen LogP contribution < -0.4 is 0 Å². The van der Waals surface area contributed by atoms with E-state index in [1.54, 1.807) is 6.92 Å². The van der Waals surface area contributed by atoms with E-state index in [2.05, 4.69) is 0 Å². The summed E-state index contributed by atoms with van der Waals surface area (Å²) >= 11 is 0. The Bertz CT molecular complexity index is 1020. The Morgan fingerprint density at radius 3 is 2.32 bits per heavy atom. The summed E-state index contributed by atoms with van der Waals surface area (Å²) in [6.45, 7) is 4.63. The Balaban J connectivity index is 1.55. The molecule has 0 radical (unpaired) electrons. The van der Waals surface area contributed by atoms with E-state index in [0.717, 1.165) is 11.1 Å². The number of esters is 2. The van der Waals surface area contributed by atoms with Crippen LogP contribution in [0.15, 0.2) is 53.4 Å². The summed E-state index contributed by atoms with van der Waals surface area (Å²) in [6.07, 6.45) is 0.819. The van der Waals surface area contributed by atoms with E-state index in [0.29, 0.717) is 18.4 Å². The second kappa shape index (κ2) is 10.1. The topological polar surface area (TPSA) is 90.0 Å². The number of benzene rings is 2. The van der Waals surface area contributed by atoms with Crippen molar-refractivity contribution in [2.24, 2.45) is 5.92 Å². The number of rotatable bonds is 7. The van der Waals surface area contributed by atoms with Crippen LogP contribution in [0.5, 0.6) is 0 Å². The van der Waals surface area contributed by atoms with Crippen molar-refractivity contribution in [3.8, 4) is 0 Å². The predicted molar refractivity (Wildman–Crippen MR) is 115 cm³/mol. The first-order chi connectivity index (χ1) is 14.8. The quantitative estimate of drug-likeness (QED) is 0.608. The normalized spacial score (nSPS) is 15.4. The van der Waals surface area contributed by atoms with Crippen LogP contribution in [0.2, 0.25) is 0 Å². The number of ether oxygens (including phenoxy) is 2. The first kappa shape index (κ1) is 23.0. The van der Waals surface area contributed by atoms with Crippen LogP contribution in [0, 0.1) is 12.8 Å². The van der Waals surface area contributed by atoms with Crippen molar-refractivity contribution >= 4 is 22.0 Å². The zero-order valence-electron chi connectivity index (χ0n) is 17.7. The molecule has 0 atom stereocenters. The number of nitrogens with zero attached hydrogens (tertiary/aromatic N) is 1. The Kier molecular flexibility index (Phi) is 7.46. The SMILES string of the molecule is CCOC(=O)c1ccc(S(=O)(=O)N2CCC(C(=O)OCc3cccc(C)c3)CC2)cc1. The van der Waals surface area contributed by atoms with Crippen LogP contribution in [0.3, 0.4) is 0 Å². The van der Waals surface area contributed by atoms with Gasteiger partial charge in [-0.1, -0.05) is 29.8 Å². The lowest BCUT2D eigenvalue weighted by molar-refractivity contribution is -0.151. The molecule has 2 aromatic rings. The molecule has 0 unspecified atom stereocenters. The van der Waals surface area contributed by atoms with Crippen LogP contribution >= 0.6 is 0 Å². The van der Waals surface area contributed by atoms with Gasteiger partial charge in [0, 0.05) is 13.1 Å². The third-order valence-corrected chi connectivity index (χ3v) is 7.17. The Morgan fingerprint density at radius 1 is 1.03 bits per heavy atom. The minimum atomic E-state index is -3.70. The highest BCUT2D eigenvalue weighted by atomic mass is 32.2. The molecule has 2 aromatic carbocycles. The molecule has 1 saturated heterocycles. The molecular formula is C23H27NO6S. The van der Waals surface area contributed by atoms with Gasteiger partial charge in [0.05, 0.1) is 23.0 Å². The standard InChI is InChI=1S/C23H27NO6S/c1-3-29-22(25)19-7-9-21(10-8-19)31(27,28)24-13-11-20(12-14-24)23(26)30-16-18-6-4-5-17(2)15-18/h4-10,15,20H,3,11-14,16H2,1-2H3. The Hall–Kier alpha value is -2.71. The lowest BCUT2D eigenvalue weighted by Crippen LogP contribution is -2.40. The highest BCUT2D eigenvalue weighted by molar-refractivity contribution is 7.89. The van der Waals surface area contributed by atoms with Crippen LogP contribution in [0.1, 0.15) is 41.3 Å². The van der Waals surface area contributed by atoms with E-state index < -0.39 is 16.0 Å². The van der Waals surface area contributed by atoms with E-state index in [1.165, 1.54) is 28.6 Å². The zero-order valence-corrected chi connectivity index (χ0v) is 18.6. The molecule has 0 spiro atoms. The Labute approximate surface area is 183 Å². The first-order valence-electron chi connectivity index (χ1n) is 10.3. The first-order valence-corrected chi connectivity index (χ1v) is 11.7. The lowest BCUT2D eigenvalue weighted by atomic mass is 9.98. The minimum absolute atomic E-state index is 0.112. The molecule has 1 aliphatic rings. The van der Waals surface area contributed by atoms with Gasteiger partial charge in [-0.05, 0) is 56.5 Å². The van der Waals surface area contributed by atoms with Crippen molar-refractivity contribution in [1.82, 2.24) is 4.31 Å². The van der Waals surface area contributed by atoms with Gasteiger partial charge in [-0.25, -0.2) is 13.2 Å². The molecular weight excluding hydrogens is 418 g/mol. The molecule has 0 bridgehead atoms. The maximum absolute atomic E-state index is 12.9. The van der Waals surface area contributed by atoms with Crippen molar-refractivity contribution in [3.05, 3.63) is 65.2 Å². The van der Waals surface area contributed by atoms with E-state index in [1.807, 2.05) is 31.2 Å². The largest absolute Gasteiger partial charge is 0.462 e. The summed E-state index contributed by atoms with van der Waals surface area (Å²) in [5, 5.41) is 0. The van der Waals surface area contributed by atoms with E-state index in [-0.39, 0.29) is 43.1 Å². The maximum atomic E-state index is 12.9. The van der Waals surface area contributed by atoms with Gasteiger partial charge in [-0.15, -0.1) is 0 Å². The fourth-order valence-corrected chi connectivity index (χ4v) is 5.00. The molecule has 7 nitrogen and oxygen atoms in total. The molecule has 0 N–H and O–H groups in total. The molecule has 0 aromatic heterocycles. The Morgan fingerprint density at radius 2 is 1.71 bits per heavy atom. The molecule has 166 valence electrons. The number of carbonyl (C=O) groups is 2. The molecule has 0 aliphatic carbocycles. The number of carbonyl (C=O) groups excluding carboxylic acids is 2. The van der Waals surface area contributed by atoms with Gasteiger partial charge in [0.1, 0.15) is 6.61 Å². The summed E-state index contributed by atoms with van der Waals surface area (Å²) < 4.78 is 37.5. The third kappa shape index (κ3) is 5.71. The van der Waals surface area contributed by atoms with Gasteiger partial charge < -0.3 is 9.47 Å². The summed E-state index contributed by atoms with van der Waals surface area (Å²) in [6, 6.07) is 13.5. The van der Waals surface area contributed by atoms with Crippen molar-refractivity contribution in [3.63, 3.8) is 0 Å². The average molecular weight is 446 g/mol. The van der Waals surface area contributed by atoms with E-state index in [4.69, 9.17) is 9.47 Å². The molecule has 8 heteroatoms. The monoisotopic (exact) mass is 445 g/mol. The molecule has 1 fully saturated rings. The van der Waals surface area contributed by atoms with Crippen LogP contribution in [0.4, 0.5) is 0 Å². The van der Waals surface area contributed by atoms with Crippen molar-refractivity contribution in [2.45, 2.75) is 38.2 Å². The van der Waals surface area contributed by atoms with Crippen molar-refractivity contribution in [2.75, 3.05) is 19.7 Å². The van der Waals surface area contributed by atoms with Crippen molar-refractivity contribution < 1.29 is 27.5 Å². The minimum Gasteiger partial charge on any atom is -0.462 e. The second-order valence-corrected chi connectivity index (χ2v) is 9.46. The molecule has 3 rings (SSSR count). The molecule has 31 heavy (non-hydrogen) atoms. The summed E-state index contributed by atoms with van der Waals surface area (Å²) in [5.41, 5.74) is 2.33. The predicted octanol–water partition coefficient (Wildman–Crippen LogP) is 3.32. The molecule has 1 aliphatic heterocycles. The number of aryl methyl sites for hydroxylation is 1. The molecule has 0 saturated carbocycles. The summed E-state index contributed by atoms with van der Waals surface area (Å²) in [7, 11) is -3.70. The molecule has 1 heterocycles. The van der Waals surface area contributed by atoms with E-state index >= 15 is 0 Å². The number of piperidine rings is 1. The smallest absolute Gasteiger partial charge is 0.338 e. The van der Waals surface area contributed by atoms with Gasteiger partial charge in [0.15, 0.2) is 0 Å². The van der Waals surface area contributed by atoms with Crippen LogP contribution in [0.25, 0.3) is 0 Å². The van der Waals surface area contributed by atoms with Crippen molar-refractivity contribution in [1.29, 1.82) is 0 Å². The summed E-state index contributed by atoms with van der Waals surface area (Å²) in [4.78, 5) is 24.3. The van der Waals surface area contributed by atoms with Gasteiger partial charge in [0.25, 0.3) is 0 Å². The van der Waals surface area contributed by atoms with Gasteiger partial charge in [0.2, 0.25) is 10.0 Å². The molecule has 0 amide bonds. The van der Waals surface area contributed by atoms with Gasteiger partial charge in [-0.2, -0.15) is 4.31 Å². The number of hydrogen-bond donors (Lipinski definition) is 0. The average Bonchev–Trinajstić information content (AvgIpc) is 2.78. The van der Waals surface area contributed by atoms with Crippen LogP contribution in [-0.2, 0) is 30.9 Å². The number of sulfonamides is 1. The highest BCUT2D eigenvalue weighted by Crippen LogP contribution is 2.25. The van der Waals surface area contributed by atoms with E-state index in [9.17, 15) is 18.0 Å². The van der Waals surface area contributed by atoms with Gasteiger partial charge in [-0.3, -0.25) is 4.79 Å². The number of hydrogen-bond acceptors (Lipinski definition) is 6. The van der Waals surface area contributed by atoms with Crippen LogP contribution in [-0.4, -0.2) is 44.4 Å². The highest BCUT2D eigenvalue weighted by Gasteiger charge is 2.33. The lowest BCUT2D eigenvalue weighted by Gasteiger charge is -2.30. The fraction of sp³-hybridized carbons (Fsp3) is 0.391. The zero-order chi connectivity index (χ0) is 22.4.